The number of nitrogens with one attached hydrogen (secondary N) is 1. The van der Waals surface area contributed by atoms with E-state index in [1.165, 1.54) is 6.07 Å². The number of fused-ring (bicyclic) bond motifs is 1. The van der Waals surface area contributed by atoms with Gasteiger partial charge >= 0.3 is 11.9 Å². The number of unbranched alkanes of at least 4 members (excludes halogenated alkanes) is 1. The van der Waals surface area contributed by atoms with Crippen LogP contribution in [0.15, 0.2) is 24.4 Å². The number of carboxylic acid groups (broad SMARTS) is 2. The van der Waals surface area contributed by atoms with Crippen LogP contribution in [0.1, 0.15) is 33.1 Å². The maximum Gasteiger partial charge on any atom is 0.328 e. The van der Waals surface area contributed by atoms with Gasteiger partial charge in [-0.15, -0.1) is 0 Å². The number of nitrogens with two attached hydrogens (primary N) is 1. The second-order valence-electron chi connectivity index (χ2n) is 6.41. The Morgan fingerprint density at radius 2 is 1.90 bits per heavy atom. The molecule has 0 amide bonds. The van der Waals surface area contributed by atoms with E-state index in [4.69, 9.17) is 15.9 Å². The number of aliphatic carboxylic acids is 2. The summed E-state index contributed by atoms with van der Waals surface area (Å²) in [4.78, 5) is 31.2. The van der Waals surface area contributed by atoms with E-state index < -0.39 is 23.3 Å². The van der Waals surface area contributed by atoms with E-state index in [9.17, 15) is 19.1 Å². The van der Waals surface area contributed by atoms with Crippen LogP contribution in [0, 0.1) is 5.82 Å². The number of nitrogen functional groups attached to an aromatic ring is 1. The molecule has 0 aliphatic heterocycles. The van der Waals surface area contributed by atoms with Crippen molar-refractivity contribution in [3.05, 3.63) is 30.2 Å². The molecular weight excluding hydrogens is 385 g/mol. The quantitative estimate of drug-likeness (QED) is 0.405. The molecule has 2 aromatic rings. The maximum atomic E-state index is 13.2. The molecule has 10 nitrogen and oxygen atoms in total. The number of rotatable bonds is 8. The predicted octanol–water partition coefficient (Wildman–Crippen LogP) is 1.81. The van der Waals surface area contributed by atoms with Crippen molar-refractivity contribution in [2.45, 2.75) is 38.6 Å². The van der Waals surface area contributed by atoms with Gasteiger partial charge in [-0.1, -0.05) is 19.8 Å². The van der Waals surface area contributed by atoms with Gasteiger partial charge in [0.25, 0.3) is 0 Å². The van der Waals surface area contributed by atoms with Crippen molar-refractivity contribution < 1.29 is 29.3 Å². The Morgan fingerprint density at radius 1 is 1.28 bits per heavy atom. The molecule has 0 fully saturated rings. The van der Waals surface area contributed by atoms with Gasteiger partial charge in [0.15, 0.2) is 5.82 Å². The zero-order valence-corrected chi connectivity index (χ0v) is 16.1. The fourth-order valence-corrected chi connectivity index (χ4v) is 2.28. The fourth-order valence-electron chi connectivity index (χ4n) is 2.28. The summed E-state index contributed by atoms with van der Waals surface area (Å²) >= 11 is 0. The van der Waals surface area contributed by atoms with Crippen LogP contribution in [0.2, 0.25) is 0 Å². The lowest BCUT2D eigenvalue weighted by atomic mass is 9.96. The van der Waals surface area contributed by atoms with Crippen LogP contribution in [0.25, 0.3) is 11.0 Å². The van der Waals surface area contributed by atoms with Gasteiger partial charge in [-0.25, -0.2) is 23.9 Å². The van der Waals surface area contributed by atoms with Crippen molar-refractivity contribution in [3.63, 3.8) is 0 Å². The third-order valence-corrected chi connectivity index (χ3v) is 3.74. The average Bonchev–Trinajstić information content (AvgIpc) is 2.64. The number of pyridine rings is 1. The van der Waals surface area contributed by atoms with E-state index in [-0.39, 0.29) is 12.6 Å². The second kappa shape index (κ2) is 10.9. The molecule has 158 valence electrons. The zero-order chi connectivity index (χ0) is 22.0. The highest BCUT2D eigenvalue weighted by Crippen LogP contribution is 2.25. The van der Waals surface area contributed by atoms with E-state index in [0.717, 1.165) is 25.5 Å². The number of aliphatic hydroxyl groups excluding tert-OH is 1. The Kier molecular flexibility index (Phi) is 8.87. The van der Waals surface area contributed by atoms with Crippen LogP contribution >= 0.6 is 0 Å². The third-order valence-electron chi connectivity index (χ3n) is 3.74. The minimum Gasteiger partial charge on any atom is -0.478 e. The first-order chi connectivity index (χ1) is 13.6. The minimum absolute atomic E-state index is 0.0354. The van der Waals surface area contributed by atoms with Crippen molar-refractivity contribution >= 4 is 34.7 Å². The number of carbonyl (C=O) groups is 2. The average molecular weight is 409 g/mol. The maximum absolute atomic E-state index is 13.2. The van der Waals surface area contributed by atoms with E-state index in [1.54, 1.807) is 0 Å². The molecule has 2 aromatic heterocycles. The number of nitrogens with zero attached hydrogens (tertiary/aromatic N) is 3. The van der Waals surface area contributed by atoms with Crippen LogP contribution < -0.4 is 11.1 Å². The molecule has 0 aliphatic carbocycles. The van der Waals surface area contributed by atoms with Gasteiger partial charge in [-0.3, -0.25) is 0 Å². The van der Waals surface area contributed by atoms with Gasteiger partial charge in [0, 0.05) is 18.2 Å². The van der Waals surface area contributed by atoms with Crippen molar-refractivity contribution in [1.29, 1.82) is 0 Å². The summed E-state index contributed by atoms with van der Waals surface area (Å²) in [5.74, 6) is -2.56. The Bertz CT molecular complexity index is 871. The second-order valence-corrected chi connectivity index (χ2v) is 6.41. The number of aliphatic hydroxyl groups is 1. The van der Waals surface area contributed by atoms with Gasteiger partial charge in [-0.05, 0) is 13.3 Å². The first-order valence-electron chi connectivity index (χ1n) is 8.72. The molecule has 0 aromatic carbocycles. The lowest BCUT2D eigenvalue weighted by molar-refractivity contribution is -0.134. The summed E-state index contributed by atoms with van der Waals surface area (Å²) in [5, 5.41) is 28.4. The molecule has 29 heavy (non-hydrogen) atoms. The minimum atomic E-state index is -1.26. The number of halogens is 1. The van der Waals surface area contributed by atoms with Crippen molar-refractivity contribution in [3.8, 4) is 0 Å². The zero-order valence-electron chi connectivity index (χ0n) is 16.1. The summed E-state index contributed by atoms with van der Waals surface area (Å²) in [6.45, 7) is 3.93. The Balaban J connectivity index is 0.000000447. The molecule has 0 saturated carbocycles. The van der Waals surface area contributed by atoms with Crippen molar-refractivity contribution in [2.24, 2.45) is 0 Å². The topological polar surface area (TPSA) is 172 Å². The lowest BCUT2D eigenvalue weighted by Gasteiger charge is -2.29. The summed E-state index contributed by atoms with van der Waals surface area (Å²) in [5.41, 5.74) is 5.88. The normalized spacial score (nSPS) is 12.8. The number of carboxylic acids is 2. The number of aromatic nitrogens is 3. The Labute approximate surface area is 166 Å². The van der Waals surface area contributed by atoms with E-state index in [2.05, 4.69) is 27.2 Å². The largest absolute Gasteiger partial charge is 0.478 e. The Morgan fingerprint density at radius 3 is 2.41 bits per heavy atom. The van der Waals surface area contributed by atoms with E-state index in [1.807, 2.05) is 6.92 Å². The lowest BCUT2D eigenvalue weighted by Crippen LogP contribution is -2.39. The van der Waals surface area contributed by atoms with Crippen LogP contribution in [0.4, 0.5) is 16.2 Å². The first kappa shape index (κ1) is 23.7. The summed E-state index contributed by atoms with van der Waals surface area (Å²) in [6.07, 6.45) is 4.98. The molecule has 1 atom stereocenters. The van der Waals surface area contributed by atoms with Crippen LogP contribution in [-0.4, -0.2) is 54.4 Å². The molecule has 6 N–H and O–H groups in total. The van der Waals surface area contributed by atoms with Gasteiger partial charge in [0.1, 0.15) is 11.3 Å². The molecule has 0 saturated heterocycles. The van der Waals surface area contributed by atoms with Crippen LogP contribution in [0.5, 0.6) is 0 Å². The molecule has 11 heteroatoms. The third kappa shape index (κ3) is 8.05. The molecule has 2 heterocycles. The standard InChI is InChI=1S/C14H20FN5O.C4H4O4/c1-3-4-5-14(2,8-21)20-12-11-10(18-13(16)19-12)6-9(15)7-17-11;5-3(6)1-2-4(7)8/h6-7,21H,3-5,8H2,1-2H3,(H3,16,18,19,20);1-2H,(H,5,6)(H,7,8)/b;2-1-. The molecule has 0 aliphatic rings. The SMILES string of the molecule is CCCCC(C)(CO)Nc1nc(N)nc2cc(F)cnc12.O=C(O)/C=C\C(=O)O. The van der Waals surface area contributed by atoms with Gasteiger partial charge < -0.3 is 26.4 Å². The number of anilines is 2. The van der Waals surface area contributed by atoms with Crippen LogP contribution in [0.3, 0.4) is 0 Å². The molecule has 1 unspecified atom stereocenters. The van der Waals surface area contributed by atoms with Gasteiger partial charge in [0.2, 0.25) is 5.95 Å². The first-order valence-corrected chi connectivity index (χ1v) is 8.72. The molecule has 2 rings (SSSR count). The number of hydrogen-bond acceptors (Lipinski definition) is 8. The molecule has 0 bridgehead atoms. The highest BCUT2D eigenvalue weighted by atomic mass is 19.1. The summed E-state index contributed by atoms with van der Waals surface area (Å²) in [6, 6.07) is 1.26. The monoisotopic (exact) mass is 409 g/mol. The Hall–Kier alpha value is -3.34. The van der Waals surface area contributed by atoms with Crippen LogP contribution in [-0.2, 0) is 9.59 Å². The molecule has 0 radical (unpaired) electrons. The number of hydrogen-bond donors (Lipinski definition) is 5. The fraction of sp³-hybridized carbons (Fsp3) is 0.389. The summed E-state index contributed by atoms with van der Waals surface area (Å²) < 4.78 is 13.2. The summed E-state index contributed by atoms with van der Waals surface area (Å²) in [7, 11) is 0. The van der Waals surface area contributed by atoms with E-state index >= 15 is 0 Å². The molecular formula is C18H24FN5O5. The van der Waals surface area contributed by atoms with Crippen molar-refractivity contribution in [1.82, 2.24) is 15.0 Å². The highest BCUT2D eigenvalue weighted by Gasteiger charge is 2.24. The smallest absolute Gasteiger partial charge is 0.328 e. The predicted molar refractivity (Wildman–Crippen MR) is 105 cm³/mol. The molecule has 0 spiro atoms. The van der Waals surface area contributed by atoms with E-state index in [0.29, 0.717) is 29.0 Å². The van der Waals surface area contributed by atoms with Gasteiger partial charge in [0.05, 0.1) is 23.9 Å². The highest BCUT2D eigenvalue weighted by molar-refractivity contribution is 5.89. The van der Waals surface area contributed by atoms with Crippen molar-refractivity contribution in [2.75, 3.05) is 17.7 Å². The van der Waals surface area contributed by atoms with Gasteiger partial charge in [-0.2, -0.15) is 4.98 Å².